The molecule has 2 aromatic rings. The van der Waals surface area contributed by atoms with Gasteiger partial charge >= 0.3 is 0 Å². The molecule has 19 heavy (non-hydrogen) atoms. The Kier molecular flexibility index (Phi) is 4.64. The molecule has 6 nitrogen and oxygen atoms in total. The lowest BCUT2D eigenvalue weighted by Gasteiger charge is -2.02. The largest absolute Gasteiger partial charge is 0.351 e. The lowest BCUT2D eigenvalue weighted by atomic mass is 10.3. The summed E-state index contributed by atoms with van der Waals surface area (Å²) in [5.74, 6) is 0.782. The number of nitrogens with zero attached hydrogens (tertiary/aromatic N) is 2. The summed E-state index contributed by atoms with van der Waals surface area (Å²) in [5, 5.41) is 5.35. The van der Waals surface area contributed by atoms with Crippen LogP contribution in [0, 0.1) is 0 Å². The SMILES string of the molecule is CC(N)c1nc(C(=O)NCCCc2ncc[nH]2)cs1. The number of nitrogens with two attached hydrogens (primary N) is 1. The van der Waals surface area contributed by atoms with Crippen molar-refractivity contribution >= 4 is 17.2 Å². The molecule has 0 fully saturated rings. The van der Waals surface area contributed by atoms with Crippen molar-refractivity contribution in [3.05, 3.63) is 34.3 Å². The molecule has 1 unspecified atom stereocenters. The van der Waals surface area contributed by atoms with Crippen molar-refractivity contribution in [2.45, 2.75) is 25.8 Å². The molecule has 0 bridgehead atoms. The molecule has 1 amide bonds. The molecule has 0 aliphatic rings. The monoisotopic (exact) mass is 279 g/mol. The molecular weight excluding hydrogens is 262 g/mol. The average molecular weight is 279 g/mol. The van der Waals surface area contributed by atoms with Crippen LogP contribution in [-0.2, 0) is 6.42 Å². The molecule has 0 aromatic carbocycles. The van der Waals surface area contributed by atoms with Crippen LogP contribution >= 0.6 is 11.3 Å². The third-order valence-corrected chi connectivity index (χ3v) is 3.62. The summed E-state index contributed by atoms with van der Waals surface area (Å²) >= 11 is 1.41. The molecule has 2 rings (SSSR count). The Hall–Kier alpha value is -1.73. The highest BCUT2D eigenvalue weighted by atomic mass is 32.1. The Morgan fingerprint density at radius 3 is 3.11 bits per heavy atom. The van der Waals surface area contributed by atoms with Crippen LogP contribution in [0.1, 0.15) is 40.7 Å². The van der Waals surface area contributed by atoms with Crippen molar-refractivity contribution in [2.24, 2.45) is 5.73 Å². The number of aryl methyl sites for hydroxylation is 1. The molecule has 0 aliphatic heterocycles. The predicted octanol–water partition coefficient (Wildman–Crippen LogP) is 1.25. The topological polar surface area (TPSA) is 96.7 Å². The fourth-order valence-corrected chi connectivity index (χ4v) is 2.34. The van der Waals surface area contributed by atoms with Crippen LogP contribution in [-0.4, -0.2) is 27.4 Å². The van der Waals surface area contributed by atoms with Gasteiger partial charge in [-0.2, -0.15) is 0 Å². The van der Waals surface area contributed by atoms with Crippen LogP contribution in [0.2, 0.25) is 0 Å². The second kappa shape index (κ2) is 6.44. The van der Waals surface area contributed by atoms with Gasteiger partial charge in [0, 0.05) is 30.7 Å². The van der Waals surface area contributed by atoms with Gasteiger partial charge in [-0.05, 0) is 13.3 Å². The lowest BCUT2D eigenvalue weighted by molar-refractivity contribution is 0.0948. The number of carbonyl (C=O) groups excluding carboxylic acids is 1. The average Bonchev–Trinajstić information content (AvgIpc) is 3.05. The highest BCUT2D eigenvalue weighted by molar-refractivity contribution is 7.09. The Morgan fingerprint density at radius 2 is 2.47 bits per heavy atom. The van der Waals surface area contributed by atoms with Gasteiger partial charge < -0.3 is 16.0 Å². The molecular formula is C12H17N5OS. The number of aromatic amines is 1. The summed E-state index contributed by atoms with van der Waals surface area (Å²) in [4.78, 5) is 23.2. The van der Waals surface area contributed by atoms with E-state index < -0.39 is 0 Å². The first-order chi connectivity index (χ1) is 9.16. The number of aromatic nitrogens is 3. The van der Waals surface area contributed by atoms with Gasteiger partial charge in [0.1, 0.15) is 16.5 Å². The van der Waals surface area contributed by atoms with E-state index in [0.29, 0.717) is 12.2 Å². The van der Waals surface area contributed by atoms with Crippen molar-refractivity contribution in [1.29, 1.82) is 0 Å². The number of imidazole rings is 1. The minimum absolute atomic E-state index is 0.134. The highest BCUT2D eigenvalue weighted by Crippen LogP contribution is 2.15. The second-order valence-corrected chi connectivity index (χ2v) is 5.14. The van der Waals surface area contributed by atoms with E-state index in [4.69, 9.17) is 5.73 Å². The van der Waals surface area contributed by atoms with E-state index in [1.54, 1.807) is 17.8 Å². The van der Waals surface area contributed by atoms with E-state index in [1.165, 1.54) is 11.3 Å². The second-order valence-electron chi connectivity index (χ2n) is 4.25. The lowest BCUT2D eigenvalue weighted by Crippen LogP contribution is -2.25. The zero-order chi connectivity index (χ0) is 13.7. The maximum atomic E-state index is 11.8. The fourth-order valence-electron chi connectivity index (χ4n) is 1.58. The molecule has 2 aromatic heterocycles. The van der Waals surface area contributed by atoms with Crippen LogP contribution in [0.25, 0.3) is 0 Å². The third-order valence-electron chi connectivity index (χ3n) is 2.57. The van der Waals surface area contributed by atoms with E-state index in [2.05, 4.69) is 20.3 Å². The van der Waals surface area contributed by atoms with E-state index in [9.17, 15) is 4.79 Å². The van der Waals surface area contributed by atoms with E-state index in [0.717, 1.165) is 23.7 Å². The number of hydrogen-bond donors (Lipinski definition) is 3. The van der Waals surface area contributed by atoms with E-state index in [1.807, 2.05) is 6.92 Å². The smallest absolute Gasteiger partial charge is 0.270 e. The van der Waals surface area contributed by atoms with Crippen LogP contribution in [0.4, 0.5) is 0 Å². The van der Waals surface area contributed by atoms with E-state index in [-0.39, 0.29) is 11.9 Å². The molecule has 4 N–H and O–H groups in total. The van der Waals surface area contributed by atoms with Crippen LogP contribution in [0.15, 0.2) is 17.8 Å². The Balaban J connectivity index is 1.74. The summed E-state index contributed by atoms with van der Waals surface area (Å²) in [6, 6.07) is -0.134. The summed E-state index contributed by atoms with van der Waals surface area (Å²) in [6.45, 7) is 2.45. The van der Waals surface area contributed by atoms with Gasteiger partial charge in [0.2, 0.25) is 0 Å². The minimum Gasteiger partial charge on any atom is -0.351 e. The number of hydrogen-bond acceptors (Lipinski definition) is 5. The summed E-state index contributed by atoms with van der Waals surface area (Å²) in [7, 11) is 0. The third kappa shape index (κ3) is 3.87. The Labute approximate surface area is 115 Å². The molecule has 0 spiro atoms. The van der Waals surface area contributed by atoms with Gasteiger partial charge in [-0.3, -0.25) is 4.79 Å². The number of rotatable bonds is 6. The predicted molar refractivity (Wildman–Crippen MR) is 74.0 cm³/mol. The maximum Gasteiger partial charge on any atom is 0.270 e. The van der Waals surface area contributed by atoms with Gasteiger partial charge in [0.05, 0.1) is 6.04 Å². The molecule has 7 heteroatoms. The normalized spacial score (nSPS) is 12.3. The number of amides is 1. The van der Waals surface area contributed by atoms with Crippen molar-refractivity contribution in [1.82, 2.24) is 20.3 Å². The first kappa shape index (κ1) is 13.7. The molecule has 0 radical (unpaired) electrons. The van der Waals surface area contributed by atoms with Crippen LogP contribution in [0.5, 0.6) is 0 Å². The quantitative estimate of drug-likeness (QED) is 0.693. The fraction of sp³-hybridized carbons (Fsp3) is 0.417. The first-order valence-corrected chi connectivity index (χ1v) is 7.02. The van der Waals surface area contributed by atoms with Crippen LogP contribution in [0.3, 0.4) is 0 Å². The van der Waals surface area contributed by atoms with E-state index >= 15 is 0 Å². The molecule has 0 aliphatic carbocycles. The molecule has 0 saturated heterocycles. The van der Waals surface area contributed by atoms with Gasteiger partial charge in [0.25, 0.3) is 5.91 Å². The summed E-state index contributed by atoms with van der Waals surface area (Å²) < 4.78 is 0. The number of H-pyrrole nitrogens is 1. The zero-order valence-electron chi connectivity index (χ0n) is 10.7. The van der Waals surface area contributed by atoms with Crippen LogP contribution < -0.4 is 11.1 Å². The zero-order valence-corrected chi connectivity index (χ0v) is 11.5. The molecule has 2 heterocycles. The highest BCUT2D eigenvalue weighted by Gasteiger charge is 2.12. The van der Waals surface area contributed by atoms with Crippen molar-refractivity contribution in [3.8, 4) is 0 Å². The number of nitrogens with one attached hydrogen (secondary N) is 2. The first-order valence-electron chi connectivity index (χ1n) is 6.14. The summed E-state index contributed by atoms with van der Waals surface area (Å²) in [6.07, 6.45) is 5.16. The molecule has 0 saturated carbocycles. The van der Waals surface area contributed by atoms with Crippen molar-refractivity contribution < 1.29 is 4.79 Å². The standard InChI is InChI=1S/C12H17N5OS/c1-8(13)12-17-9(7-19-12)11(18)16-4-2-3-10-14-5-6-15-10/h5-8H,2-4,13H2,1H3,(H,14,15)(H,16,18). The van der Waals surface area contributed by atoms with Gasteiger partial charge in [-0.15, -0.1) is 11.3 Å². The minimum atomic E-state index is -0.150. The van der Waals surface area contributed by atoms with Gasteiger partial charge in [-0.25, -0.2) is 9.97 Å². The number of carbonyl (C=O) groups is 1. The van der Waals surface area contributed by atoms with Gasteiger partial charge in [0.15, 0.2) is 0 Å². The maximum absolute atomic E-state index is 11.8. The van der Waals surface area contributed by atoms with Gasteiger partial charge in [-0.1, -0.05) is 0 Å². The Bertz CT molecular complexity index is 520. The van der Waals surface area contributed by atoms with Crippen molar-refractivity contribution in [3.63, 3.8) is 0 Å². The van der Waals surface area contributed by atoms with Crippen molar-refractivity contribution in [2.75, 3.05) is 6.54 Å². The number of thiazole rings is 1. The molecule has 1 atom stereocenters. The molecule has 102 valence electrons. The Morgan fingerprint density at radius 1 is 1.63 bits per heavy atom. The summed E-state index contributed by atoms with van der Waals surface area (Å²) in [5.41, 5.74) is 6.15.